The predicted octanol–water partition coefficient (Wildman–Crippen LogP) is 3.26. The van der Waals surface area contributed by atoms with Crippen molar-refractivity contribution in [3.63, 3.8) is 0 Å². The number of aryl methyl sites for hydroxylation is 1. The summed E-state index contributed by atoms with van der Waals surface area (Å²) in [4.78, 5) is 11.1. The molecule has 1 aliphatic rings. The van der Waals surface area contributed by atoms with Crippen LogP contribution < -0.4 is 10.6 Å². The monoisotopic (exact) mass is 264 g/mol. The van der Waals surface area contributed by atoms with Crippen LogP contribution in [0.15, 0.2) is 18.2 Å². The highest BCUT2D eigenvalue weighted by Gasteiger charge is 2.13. The molecule has 98 valence electrons. The van der Waals surface area contributed by atoms with E-state index in [9.17, 15) is 4.79 Å². The zero-order valence-electron chi connectivity index (χ0n) is 11.0. The molecule has 1 atom stereocenters. The lowest BCUT2D eigenvalue weighted by Crippen LogP contribution is -2.25. The topological polar surface area (TPSA) is 41.1 Å². The van der Waals surface area contributed by atoms with Gasteiger partial charge >= 0.3 is 0 Å². The highest BCUT2D eigenvalue weighted by Crippen LogP contribution is 2.24. The fourth-order valence-corrected chi connectivity index (χ4v) is 3.20. The average molecular weight is 264 g/mol. The van der Waals surface area contributed by atoms with Crippen LogP contribution in [0.2, 0.25) is 0 Å². The van der Waals surface area contributed by atoms with Gasteiger partial charge in [0.05, 0.1) is 0 Å². The van der Waals surface area contributed by atoms with Crippen LogP contribution in [0.1, 0.15) is 25.3 Å². The Kier molecular flexibility index (Phi) is 4.53. The molecule has 4 heteroatoms. The second-order valence-corrected chi connectivity index (χ2v) is 5.92. The molecule has 0 aromatic heterocycles. The zero-order valence-corrected chi connectivity index (χ0v) is 11.8. The summed E-state index contributed by atoms with van der Waals surface area (Å²) in [6, 6.07) is 6.70. The molecule has 0 spiro atoms. The van der Waals surface area contributed by atoms with Crippen LogP contribution in [0.4, 0.5) is 11.4 Å². The van der Waals surface area contributed by atoms with Crippen LogP contribution in [0.5, 0.6) is 0 Å². The predicted molar refractivity (Wildman–Crippen MR) is 79.5 cm³/mol. The molecule has 0 aliphatic carbocycles. The van der Waals surface area contributed by atoms with E-state index in [0.717, 1.165) is 16.9 Å². The molecule has 0 bridgehead atoms. The maximum Gasteiger partial charge on any atom is 0.221 e. The standard InChI is InChI=1S/C14H20N2OS/c1-10-5-6-12(8-14(10)15-11(2)17)16-13-4-3-7-18-9-13/h5-6,8,13,16H,3-4,7,9H2,1-2H3,(H,15,17). The largest absolute Gasteiger partial charge is 0.381 e. The lowest BCUT2D eigenvalue weighted by molar-refractivity contribution is -0.114. The number of hydrogen-bond donors (Lipinski definition) is 2. The second kappa shape index (κ2) is 6.14. The third-order valence-electron chi connectivity index (χ3n) is 3.08. The summed E-state index contributed by atoms with van der Waals surface area (Å²) in [5.41, 5.74) is 3.08. The Bertz CT molecular complexity index is 428. The normalized spacial score (nSPS) is 19.3. The van der Waals surface area contributed by atoms with Gasteiger partial charge in [0.25, 0.3) is 0 Å². The van der Waals surface area contributed by atoms with Crippen molar-refractivity contribution in [3.8, 4) is 0 Å². The van der Waals surface area contributed by atoms with Crippen molar-refractivity contribution in [2.45, 2.75) is 32.7 Å². The van der Waals surface area contributed by atoms with E-state index in [1.807, 2.05) is 30.8 Å². The first-order valence-electron chi connectivity index (χ1n) is 6.37. The summed E-state index contributed by atoms with van der Waals surface area (Å²) in [6.07, 6.45) is 2.52. The molecule has 2 rings (SSSR count). The molecule has 1 saturated heterocycles. The van der Waals surface area contributed by atoms with Gasteiger partial charge in [-0.15, -0.1) is 0 Å². The zero-order chi connectivity index (χ0) is 13.0. The van der Waals surface area contributed by atoms with Gasteiger partial charge in [0.15, 0.2) is 0 Å². The Labute approximate surface area is 113 Å². The number of rotatable bonds is 3. The first kappa shape index (κ1) is 13.3. The molecule has 1 aromatic rings. The van der Waals surface area contributed by atoms with Gasteiger partial charge in [0, 0.05) is 30.1 Å². The van der Waals surface area contributed by atoms with Crippen molar-refractivity contribution in [1.82, 2.24) is 0 Å². The second-order valence-electron chi connectivity index (χ2n) is 4.77. The maximum atomic E-state index is 11.1. The van der Waals surface area contributed by atoms with E-state index in [1.54, 1.807) is 0 Å². The van der Waals surface area contributed by atoms with Crippen LogP contribution in [0.3, 0.4) is 0 Å². The van der Waals surface area contributed by atoms with E-state index in [4.69, 9.17) is 0 Å². The van der Waals surface area contributed by atoms with Gasteiger partial charge in [0.2, 0.25) is 5.91 Å². The van der Waals surface area contributed by atoms with Gasteiger partial charge in [-0.2, -0.15) is 11.8 Å². The quantitative estimate of drug-likeness (QED) is 0.880. The first-order valence-corrected chi connectivity index (χ1v) is 7.53. The Balaban J connectivity index is 2.05. The Morgan fingerprint density at radius 1 is 1.44 bits per heavy atom. The maximum absolute atomic E-state index is 11.1. The lowest BCUT2D eigenvalue weighted by atomic mass is 10.1. The van der Waals surface area contributed by atoms with Gasteiger partial charge in [-0.25, -0.2) is 0 Å². The van der Waals surface area contributed by atoms with Crippen LogP contribution >= 0.6 is 11.8 Å². The molecule has 3 nitrogen and oxygen atoms in total. The number of hydrogen-bond acceptors (Lipinski definition) is 3. The van der Waals surface area contributed by atoms with Gasteiger partial charge < -0.3 is 10.6 Å². The molecule has 2 N–H and O–H groups in total. The van der Waals surface area contributed by atoms with Gasteiger partial charge in [-0.05, 0) is 43.2 Å². The molecule has 1 aliphatic heterocycles. The number of thioether (sulfide) groups is 1. The van der Waals surface area contributed by atoms with E-state index in [2.05, 4.69) is 16.7 Å². The minimum atomic E-state index is -0.0246. The summed E-state index contributed by atoms with van der Waals surface area (Å²) in [7, 11) is 0. The molecular weight excluding hydrogens is 244 g/mol. The fourth-order valence-electron chi connectivity index (χ4n) is 2.13. The third-order valence-corrected chi connectivity index (χ3v) is 4.29. The van der Waals surface area contributed by atoms with E-state index >= 15 is 0 Å². The molecular formula is C14H20N2OS. The summed E-state index contributed by atoms with van der Waals surface area (Å²) < 4.78 is 0. The fraction of sp³-hybridized carbons (Fsp3) is 0.500. The summed E-state index contributed by atoms with van der Waals surface area (Å²) in [6.45, 7) is 3.54. The van der Waals surface area contributed by atoms with Gasteiger partial charge in [0.1, 0.15) is 0 Å². The smallest absolute Gasteiger partial charge is 0.221 e. The van der Waals surface area contributed by atoms with Crippen molar-refractivity contribution in [1.29, 1.82) is 0 Å². The molecule has 0 radical (unpaired) electrons. The SMILES string of the molecule is CC(=O)Nc1cc(NC2CCCSC2)ccc1C. The summed E-state index contributed by atoms with van der Waals surface area (Å²) >= 11 is 2.01. The number of carbonyl (C=O) groups is 1. The van der Waals surface area contributed by atoms with E-state index in [0.29, 0.717) is 6.04 Å². The highest BCUT2D eigenvalue weighted by molar-refractivity contribution is 7.99. The average Bonchev–Trinajstić information content (AvgIpc) is 2.34. The van der Waals surface area contributed by atoms with E-state index in [-0.39, 0.29) is 5.91 Å². The molecule has 1 heterocycles. The Morgan fingerprint density at radius 2 is 2.28 bits per heavy atom. The van der Waals surface area contributed by atoms with Crippen molar-refractivity contribution in [2.75, 3.05) is 22.1 Å². The van der Waals surface area contributed by atoms with Crippen LogP contribution in [-0.2, 0) is 4.79 Å². The van der Waals surface area contributed by atoms with E-state index in [1.165, 1.54) is 31.3 Å². The van der Waals surface area contributed by atoms with Gasteiger partial charge in [-0.1, -0.05) is 6.07 Å². The number of amides is 1. The Morgan fingerprint density at radius 3 is 2.94 bits per heavy atom. The molecule has 1 aromatic carbocycles. The van der Waals surface area contributed by atoms with Crippen LogP contribution in [-0.4, -0.2) is 23.5 Å². The van der Waals surface area contributed by atoms with Gasteiger partial charge in [-0.3, -0.25) is 4.79 Å². The van der Waals surface area contributed by atoms with Crippen molar-refractivity contribution in [2.24, 2.45) is 0 Å². The molecule has 18 heavy (non-hydrogen) atoms. The summed E-state index contributed by atoms with van der Waals surface area (Å²) in [5, 5.41) is 6.42. The van der Waals surface area contributed by atoms with Crippen molar-refractivity contribution < 1.29 is 4.79 Å². The molecule has 0 saturated carbocycles. The number of benzene rings is 1. The molecule has 1 amide bonds. The van der Waals surface area contributed by atoms with Crippen LogP contribution in [0.25, 0.3) is 0 Å². The first-order chi connectivity index (χ1) is 8.65. The van der Waals surface area contributed by atoms with Crippen LogP contribution in [0, 0.1) is 6.92 Å². The number of anilines is 2. The molecule has 1 unspecified atom stereocenters. The number of nitrogens with one attached hydrogen (secondary N) is 2. The lowest BCUT2D eigenvalue weighted by Gasteiger charge is -2.24. The van der Waals surface area contributed by atoms with Crippen molar-refractivity contribution in [3.05, 3.63) is 23.8 Å². The third kappa shape index (κ3) is 3.67. The number of carbonyl (C=O) groups excluding carboxylic acids is 1. The van der Waals surface area contributed by atoms with E-state index < -0.39 is 0 Å². The minimum Gasteiger partial charge on any atom is -0.381 e. The Hall–Kier alpha value is -1.16. The molecule has 1 fully saturated rings. The minimum absolute atomic E-state index is 0.0246. The summed E-state index contributed by atoms with van der Waals surface area (Å²) in [5.74, 6) is 2.43. The van der Waals surface area contributed by atoms with Crippen molar-refractivity contribution >= 4 is 29.0 Å². The highest BCUT2D eigenvalue weighted by atomic mass is 32.2.